The van der Waals surface area contributed by atoms with E-state index in [4.69, 9.17) is 5.73 Å². The maximum atomic E-state index is 12.3. The summed E-state index contributed by atoms with van der Waals surface area (Å²) >= 11 is 0. The van der Waals surface area contributed by atoms with Crippen molar-refractivity contribution in [1.29, 1.82) is 0 Å². The lowest BCUT2D eigenvalue weighted by molar-refractivity contribution is 0.0766. The fourth-order valence-electron chi connectivity index (χ4n) is 2.10. The Kier molecular flexibility index (Phi) is 4.37. The third-order valence-electron chi connectivity index (χ3n) is 3.23. The fraction of sp³-hybridized carbons (Fsp3) is 0.267. The largest absolute Gasteiger partial charge is 0.364 e. The molecule has 2 rings (SSSR count). The summed E-state index contributed by atoms with van der Waals surface area (Å²) in [4.78, 5) is 25.5. The number of rotatable bonds is 5. The summed E-state index contributed by atoms with van der Waals surface area (Å²) in [6.45, 7) is 4.95. The van der Waals surface area contributed by atoms with Crippen molar-refractivity contribution in [3.8, 4) is 5.69 Å². The maximum Gasteiger partial charge on any atom is 0.274 e. The zero-order valence-corrected chi connectivity index (χ0v) is 12.1. The number of nitrogens with zero attached hydrogens (tertiary/aromatic N) is 3. The average Bonchev–Trinajstić information content (AvgIpc) is 2.94. The van der Waals surface area contributed by atoms with Crippen LogP contribution in [0.5, 0.6) is 0 Å². The monoisotopic (exact) mass is 286 g/mol. The highest BCUT2D eigenvalue weighted by Crippen LogP contribution is 2.13. The molecule has 1 heterocycles. The van der Waals surface area contributed by atoms with Crippen LogP contribution in [0.3, 0.4) is 0 Å². The molecule has 0 fully saturated rings. The normalized spacial score (nSPS) is 10.4. The molecule has 0 aliphatic rings. The molecule has 1 aromatic carbocycles. The minimum Gasteiger partial charge on any atom is -0.364 e. The van der Waals surface area contributed by atoms with Gasteiger partial charge in [-0.25, -0.2) is 4.68 Å². The van der Waals surface area contributed by atoms with Gasteiger partial charge in [-0.1, -0.05) is 18.2 Å². The van der Waals surface area contributed by atoms with Gasteiger partial charge in [-0.15, -0.1) is 0 Å². The first-order chi connectivity index (χ1) is 10.1. The molecule has 2 amide bonds. The zero-order chi connectivity index (χ0) is 15.4. The van der Waals surface area contributed by atoms with E-state index in [-0.39, 0.29) is 17.3 Å². The summed E-state index contributed by atoms with van der Waals surface area (Å²) in [5, 5.41) is 4.24. The van der Waals surface area contributed by atoms with Gasteiger partial charge in [0.2, 0.25) is 0 Å². The van der Waals surface area contributed by atoms with Gasteiger partial charge in [0, 0.05) is 19.2 Å². The van der Waals surface area contributed by atoms with Gasteiger partial charge in [0.1, 0.15) is 5.69 Å². The molecule has 6 heteroatoms. The van der Waals surface area contributed by atoms with Crippen molar-refractivity contribution in [3.63, 3.8) is 0 Å². The number of aromatic nitrogens is 2. The molecule has 1 aromatic heterocycles. The van der Waals surface area contributed by atoms with Crippen LogP contribution in [0.25, 0.3) is 5.69 Å². The van der Waals surface area contributed by atoms with Crippen molar-refractivity contribution < 1.29 is 9.59 Å². The van der Waals surface area contributed by atoms with E-state index in [1.54, 1.807) is 17.0 Å². The molecule has 0 bridgehead atoms. The zero-order valence-electron chi connectivity index (χ0n) is 12.1. The third-order valence-corrected chi connectivity index (χ3v) is 3.23. The number of primary amides is 1. The van der Waals surface area contributed by atoms with Gasteiger partial charge in [0.25, 0.3) is 11.8 Å². The Morgan fingerprint density at radius 2 is 1.81 bits per heavy atom. The Labute approximate surface area is 123 Å². The van der Waals surface area contributed by atoms with Crippen molar-refractivity contribution in [2.75, 3.05) is 13.1 Å². The van der Waals surface area contributed by atoms with Gasteiger partial charge in [0.15, 0.2) is 5.69 Å². The van der Waals surface area contributed by atoms with Crippen molar-refractivity contribution in [1.82, 2.24) is 14.7 Å². The lowest BCUT2D eigenvalue weighted by atomic mass is 10.3. The Morgan fingerprint density at radius 1 is 1.19 bits per heavy atom. The number of carbonyl (C=O) groups is 2. The molecule has 0 aliphatic heterocycles. The number of carbonyl (C=O) groups excluding carboxylic acids is 2. The first kappa shape index (κ1) is 14.8. The average molecular weight is 286 g/mol. The minimum atomic E-state index is -0.620. The molecule has 2 aromatic rings. The van der Waals surface area contributed by atoms with Crippen LogP contribution in [0.4, 0.5) is 0 Å². The van der Waals surface area contributed by atoms with Crippen molar-refractivity contribution in [2.24, 2.45) is 5.73 Å². The number of nitrogens with two attached hydrogens (primary N) is 1. The summed E-state index contributed by atoms with van der Waals surface area (Å²) in [5.41, 5.74) is 6.48. The van der Waals surface area contributed by atoms with E-state index < -0.39 is 5.91 Å². The van der Waals surface area contributed by atoms with E-state index in [0.717, 1.165) is 0 Å². The predicted molar refractivity (Wildman–Crippen MR) is 79.3 cm³/mol. The topological polar surface area (TPSA) is 81.2 Å². The van der Waals surface area contributed by atoms with E-state index in [1.165, 1.54) is 10.7 Å². The highest BCUT2D eigenvalue weighted by Gasteiger charge is 2.21. The summed E-state index contributed by atoms with van der Waals surface area (Å²) in [6, 6.07) is 10.5. The minimum absolute atomic E-state index is 0.191. The Bertz CT molecular complexity index is 645. The molecular formula is C15H18N4O2. The van der Waals surface area contributed by atoms with Crippen LogP contribution in [0.15, 0.2) is 36.4 Å². The van der Waals surface area contributed by atoms with Crippen molar-refractivity contribution in [3.05, 3.63) is 47.8 Å². The van der Waals surface area contributed by atoms with Gasteiger partial charge in [0.05, 0.1) is 5.69 Å². The van der Waals surface area contributed by atoms with Crippen LogP contribution in [0, 0.1) is 0 Å². The lowest BCUT2D eigenvalue weighted by Crippen LogP contribution is -2.30. The highest BCUT2D eigenvalue weighted by atomic mass is 16.2. The second kappa shape index (κ2) is 6.21. The van der Waals surface area contributed by atoms with Crippen molar-refractivity contribution in [2.45, 2.75) is 13.8 Å². The van der Waals surface area contributed by atoms with Gasteiger partial charge < -0.3 is 10.6 Å². The number of benzene rings is 1. The fourth-order valence-corrected chi connectivity index (χ4v) is 2.10. The predicted octanol–water partition coefficient (Wildman–Crippen LogP) is 1.45. The maximum absolute atomic E-state index is 12.3. The summed E-state index contributed by atoms with van der Waals surface area (Å²) < 4.78 is 1.40. The van der Waals surface area contributed by atoms with E-state index in [2.05, 4.69) is 5.10 Å². The number of hydrogen-bond acceptors (Lipinski definition) is 3. The number of amides is 2. The van der Waals surface area contributed by atoms with Gasteiger partial charge in [-0.05, 0) is 26.0 Å². The van der Waals surface area contributed by atoms with E-state index in [1.807, 2.05) is 32.0 Å². The second-order valence-corrected chi connectivity index (χ2v) is 4.50. The molecule has 0 saturated heterocycles. The lowest BCUT2D eigenvalue weighted by Gasteiger charge is -2.16. The van der Waals surface area contributed by atoms with Gasteiger partial charge in [-0.2, -0.15) is 5.10 Å². The van der Waals surface area contributed by atoms with Crippen LogP contribution in [-0.2, 0) is 0 Å². The Morgan fingerprint density at radius 3 is 2.33 bits per heavy atom. The van der Waals surface area contributed by atoms with E-state index >= 15 is 0 Å². The van der Waals surface area contributed by atoms with Crippen LogP contribution in [0.1, 0.15) is 34.8 Å². The standard InChI is InChI=1S/C15H18N4O2/c1-3-18(4-2)15(21)12-10-13(14(16)20)19(17-12)11-8-6-5-7-9-11/h5-10H,3-4H2,1-2H3,(H2,16,20). The first-order valence-corrected chi connectivity index (χ1v) is 6.83. The molecule has 0 spiro atoms. The van der Waals surface area contributed by atoms with Crippen LogP contribution >= 0.6 is 0 Å². The molecule has 6 nitrogen and oxygen atoms in total. The van der Waals surface area contributed by atoms with Crippen molar-refractivity contribution >= 4 is 11.8 Å². The quantitative estimate of drug-likeness (QED) is 0.903. The van der Waals surface area contributed by atoms with Gasteiger partial charge in [-0.3, -0.25) is 9.59 Å². The molecule has 0 radical (unpaired) electrons. The molecule has 0 unspecified atom stereocenters. The smallest absolute Gasteiger partial charge is 0.274 e. The van der Waals surface area contributed by atoms with E-state index in [0.29, 0.717) is 18.8 Å². The molecule has 2 N–H and O–H groups in total. The Balaban J connectivity index is 2.48. The van der Waals surface area contributed by atoms with Crippen LogP contribution in [-0.4, -0.2) is 39.6 Å². The molecule has 0 atom stereocenters. The van der Waals surface area contributed by atoms with Crippen LogP contribution < -0.4 is 5.73 Å². The molecular weight excluding hydrogens is 268 g/mol. The highest BCUT2D eigenvalue weighted by molar-refractivity contribution is 5.97. The third kappa shape index (κ3) is 2.94. The van der Waals surface area contributed by atoms with Crippen LogP contribution in [0.2, 0.25) is 0 Å². The van der Waals surface area contributed by atoms with E-state index in [9.17, 15) is 9.59 Å². The summed E-state index contributed by atoms with van der Waals surface area (Å²) in [6.07, 6.45) is 0. The molecule has 0 saturated carbocycles. The SMILES string of the molecule is CCN(CC)C(=O)c1cc(C(N)=O)n(-c2ccccc2)n1. The first-order valence-electron chi connectivity index (χ1n) is 6.83. The molecule has 110 valence electrons. The number of para-hydroxylation sites is 1. The summed E-state index contributed by atoms with van der Waals surface area (Å²) in [5.74, 6) is -0.831. The number of hydrogen-bond donors (Lipinski definition) is 1. The second-order valence-electron chi connectivity index (χ2n) is 4.50. The van der Waals surface area contributed by atoms with Gasteiger partial charge >= 0.3 is 0 Å². The molecule has 21 heavy (non-hydrogen) atoms. The summed E-state index contributed by atoms with van der Waals surface area (Å²) in [7, 11) is 0. The Hall–Kier alpha value is -2.63. The molecule has 0 aliphatic carbocycles.